The van der Waals surface area contributed by atoms with E-state index in [4.69, 9.17) is 9.72 Å². The molecule has 0 bridgehead atoms. The maximum Gasteiger partial charge on any atom is 0.412 e. The molecule has 1 amide bonds. The van der Waals surface area contributed by atoms with Crippen LogP contribution in [-0.4, -0.2) is 37.4 Å². The summed E-state index contributed by atoms with van der Waals surface area (Å²) >= 11 is 0. The van der Waals surface area contributed by atoms with E-state index in [9.17, 15) is 24.6 Å². The van der Waals surface area contributed by atoms with Crippen LogP contribution < -0.4 is 10.5 Å². The number of carbonyl (C=O) groups excluding carboxylic acids is 1. The van der Waals surface area contributed by atoms with E-state index in [-0.39, 0.29) is 29.7 Å². The molecule has 2 aliphatic rings. The van der Waals surface area contributed by atoms with Gasteiger partial charge in [-0.2, -0.15) is 0 Å². The maximum atomic E-state index is 13.5. The minimum atomic E-state index is -1.88. The molecular formula is C27H29N3O6. The van der Waals surface area contributed by atoms with Gasteiger partial charge in [0.25, 0.3) is 5.56 Å². The zero-order valence-corrected chi connectivity index (χ0v) is 21.0. The number of aliphatic hydroxyl groups is 1. The second kappa shape index (κ2) is 7.89. The van der Waals surface area contributed by atoms with E-state index in [0.717, 1.165) is 16.5 Å². The molecule has 0 saturated carbocycles. The number of amides is 1. The normalized spacial score (nSPS) is 18.4. The number of benzene rings is 1. The first-order valence-electron chi connectivity index (χ1n) is 12.1. The highest BCUT2D eigenvalue weighted by Gasteiger charge is 2.45. The summed E-state index contributed by atoms with van der Waals surface area (Å²) in [6.45, 7) is 9.32. The number of aryl methyl sites for hydroxylation is 1. The van der Waals surface area contributed by atoms with Crippen LogP contribution in [0.2, 0.25) is 0 Å². The molecular weight excluding hydrogens is 462 g/mol. The van der Waals surface area contributed by atoms with Gasteiger partial charge in [0.15, 0.2) is 5.60 Å². The van der Waals surface area contributed by atoms with Crippen molar-refractivity contribution in [2.75, 3.05) is 4.90 Å². The van der Waals surface area contributed by atoms with Gasteiger partial charge in [0, 0.05) is 27.7 Å². The third kappa shape index (κ3) is 3.26. The summed E-state index contributed by atoms with van der Waals surface area (Å²) in [6, 6.07) is 7.08. The number of ether oxygens (including phenoxy) is 1. The third-order valence-corrected chi connectivity index (χ3v) is 7.26. The molecule has 2 aromatic heterocycles. The van der Waals surface area contributed by atoms with Gasteiger partial charge in [0.2, 0.25) is 0 Å². The molecule has 2 N–H and O–H groups in total. The number of fused-ring (bicyclic) bond motifs is 5. The summed E-state index contributed by atoms with van der Waals surface area (Å²) in [4.78, 5) is 44.1. The van der Waals surface area contributed by atoms with Crippen molar-refractivity contribution in [3.63, 3.8) is 0 Å². The Labute approximate surface area is 207 Å². The zero-order chi connectivity index (χ0) is 26.2. The van der Waals surface area contributed by atoms with Crippen LogP contribution in [0.15, 0.2) is 29.1 Å². The van der Waals surface area contributed by atoms with Gasteiger partial charge in [-0.05, 0) is 63.4 Å². The van der Waals surface area contributed by atoms with Crippen molar-refractivity contribution in [2.24, 2.45) is 0 Å². The number of hydrogen-bond acceptors (Lipinski definition) is 6. The number of nitrogens with zero attached hydrogens (tertiary/aromatic N) is 3. The quantitative estimate of drug-likeness (QED) is 0.417. The van der Waals surface area contributed by atoms with Gasteiger partial charge in [-0.25, -0.2) is 14.6 Å². The Morgan fingerprint density at radius 2 is 1.92 bits per heavy atom. The van der Waals surface area contributed by atoms with Crippen LogP contribution in [0.4, 0.5) is 10.5 Å². The topological polar surface area (TPSA) is 122 Å². The summed E-state index contributed by atoms with van der Waals surface area (Å²) < 4.78 is 6.76. The highest BCUT2D eigenvalue weighted by atomic mass is 16.6. The Balaban J connectivity index is 1.75. The summed E-state index contributed by atoms with van der Waals surface area (Å²) in [7, 11) is 0. The molecule has 3 aromatic rings. The zero-order valence-electron chi connectivity index (χ0n) is 21.0. The van der Waals surface area contributed by atoms with Gasteiger partial charge in [0.1, 0.15) is 6.61 Å². The van der Waals surface area contributed by atoms with Crippen LogP contribution in [0.1, 0.15) is 63.3 Å². The molecule has 1 aromatic carbocycles. The molecule has 4 heterocycles. The van der Waals surface area contributed by atoms with E-state index < -0.39 is 23.2 Å². The number of hydrogen-bond donors (Lipinski definition) is 2. The Morgan fingerprint density at radius 3 is 2.53 bits per heavy atom. The van der Waals surface area contributed by atoms with Crippen LogP contribution in [0, 0.1) is 0 Å². The van der Waals surface area contributed by atoms with Gasteiger partial charge in [-0.3, -0.25) is 9.69 Å². The first-order valence-corrected chi connectivity index (χ1v) is 12.1. The second-order valence-corrected chi connectivity index (χ2v) is 10.4. The molecule has 0 radical (unpaired) electrons. The lowest BCUT2D eigenvalue weighted by Gasteiger charge is -2.33. The lowest BCUT2D eigenvalue weighted by Crippen LogP contribution is -2.45. The molecule has 36 heavy (non-hydrogen) atoms. The number of pyridine rings is 2. The second-order valence-electron chi connectivity index (χ2n) is 10.4. The van der Waals surface area contributed by atoms with E-state index in [1.54, 1.807) is 29.7 Å². The van der Waals surface area contributed by atoms with Crippen LogP contribution >= 0.6 is 0 Å². The van der Waals surface area contributed by atoms with Gasteiger partial charge in [-0.1, -0.05) is 13.8 Å². The molecule has 0 aliphatic carbocycles. The number of carboxylic acid groups (broad SMARTS) is 1. The SMILES string of the molecule is CCc1c2c(nc3ccc(N(C(=O)O)C(C)(C)C)cc13)-c1cc3c(c(=O)n1C2)COC(=O)[C@]3(O)CC. The van der Waals surface area contributed by atoms with E-state index in [1.807, 2.05) is 33.8 Å². The van der Waals surface area contributed by atoms with Crippen molar-refractivity contribution in [1.82, 2.24) is 9.55 Å². The van der Waals surface area contributed by atoms with Crippen molar-refractivity contribution in [1.29, 1.82) is 0 Å². The van der Waals surface area contributed by atoms with Crippen LogP contribution in [-0.2, 0) is 34.7 Å². The molecule has 0 fully saturated rings. The van der Waals surface area contributed by atoms with E-state index in [2.05, 4.69) is 0 Å². The Hall–Kier alpha value is -3.72. The molecule has 1 atom stereocenters. The van der Waals surface area contributed by atoms with Gasteiger partial charge < -0.3 is 19.5 Å². The van der Waals surface area contributed by atoms with Crippen molar-refractivity contribution in [3.05, 3.63) is 56.9 Å². The molecule has 5 rings (SSSR count). The number of esters is 1. The predicted octanol–water partition coefficient (Wildman–Crippen LogP) is 3.92. The first kappa shape index (κ1) is 24.0. The summed E-state index contributed by atoms with van der Waals surface area (Å²) in [5.41, 5.74) is 2.01. The highest BCUT2D eigenvalue weighted by molar-refractivity contribution is 5.95. The van der Waals surface area contributed by atoms with Crippen molar-refractivity contribution in [3.8, 4) is 11.4 Å². The van der Waals surface area contributed by atoms with Crippen molar-refractivity contribution in [2.45, 2.75) is 71.8 Å². The number of carbonyl (C=O) groups is 2. The molecule has 188 valence electrons. The smallest absolute Gasteiger partial charge is 0.412 e. The van der Waals surface area contributed by atoms with Gasteiger partial charge in [0.05, 0.1) is 29.0 Å². The first-order chi connectivity index (χ1) is 16.9. The summed E-state index contributed by atoms with van der Waals surface area (Å²) in [5.74, 6) is -0.754. The van der Waals surface area contributed by atoms with Crippen molar-refractivity contribution >= 4 is 28.7 Å². The predicted molar refractivity (Wildman–Crippen MR) is 134 cm³/mol. The Kier molecular flexibility index (Phi) is 5.26. The van der Waals surface area contributed by atoms with E-state index >= 15 is 0 Å². The Morgan fingerprint density at radius 1 is 1.19 bits per heavy atom. The van der Waals surface area contributed by atoms with Crippen LogP contribution in [0.25, 0.3) is 22.3 Å². The molecule has 2 aliphatic heterocycles. The minimum Gasteiger partial charge on any atom is -0.465 e. The number of aromatic nitrogens is 2. The third-order valence-electron chi connectivity index (χ3n) is 7.26. The number of rotatable bonds is 3. The standard InChI is InChI=1S/C27H29N3O6/c1-6-15-16-10-14(30(25(33)34)26(3,4)5)8-9-20(16)28-22-17(15)12-29-21(22)11-19-18(23(29)31)13-36-24(32)27(19,35)7-2/h8-11,35H,6-7,12-13H2,1-5H3,(H,33,34)/t27-/m0/s1. The van der Waals surface area contributed by atoms with Gasteiger partial charge >= 0.3 is 12.1 Å². The van der Waals surface area contributed by atoms with Crippen LogP contribution in [0.3, 0.4) is 0 Å². The number of cyclic esters (lactones) is 1. The van der Waals surface area contributed by atoms with Crippen LogP contribution in [0.5, 0.6) is 0 Å². The van der Waals surface area contributed by atoms with E-state index in [0.29, 0.717) is 35.6 Å². The monoisotopic (exact) mass is 491 g/mol. The highest BCUT2D eigenvalue weighted by Crippen LogP contribution is 2.41. The largest absolute Gasteiger partial charge is 0.465 e. The minimum absolute atomic E-state index is 0.0799. The fourth-order valence-corrected chi connectivity index (χ4v) is 5.48. The lowest BCUT2D eigenvalue weighted by atomic mass is 9.86. The summed E-state index contributed by atoms with van der Waals surface area (Å²) in [5, 5.41) is 21.8. The van der Waals surface area contributed by atoms with Gasteiger partial charge in [-0.15, -0.1) is 0 Å². The fraction of sp³-hybridized carbons (Fsp3) is 0.407. The molecule has 9 heteroatoms. The molecule has 0 unspecified atom stereocenters. The molecule has 0 spiro atoms. The maximum absolute atomic E-state index is 13.5. The Bertz CT molecular complexity index is 1520. The molecule has 9 nitrogen and oxygen atoms in total. The molecule has 0 saturated heterocycles. The average molecular weight is 492 g/mol. The average Bonchev–Trinajstić information content (AvgIpc) is 3.17. The van der Waals surface area contributed by atoms with Crippen molar-refractivity contribution < 1.29 is 24.5 Å². The fourth-order valence-electron chi connectivity index (χ4n) is 5.48. The van der Waals surface area contributed by atoms with E-state index in [1.165, 1.54) is 4.90 Å². The number of anilines is 1. The lowest BCUT2D eigenvalue weighted by molar-refractivity contribution is -0.172. The summed E-state index contributed by atoms with van der Waals surface area (Å²) in [6.07, 6.45) is -0.314.